The second-order valence-corrected chi connectivity index (χ2v) is 6.58. The van der Waals surface area contributed by atoms with Gasteiger partial charge in [-0.3, -0.25) is 14.3 Å². The van der Waals surface area contributed by atoms with Gasteiger partial charge in [-0.2, -0.15) is 0 Å². The van der Waals surface area contributed by atoms with Gasteiger partial charge >= 0.3 is 5.76 Å². The summed E-state index contributed by atoms with van der Waals surface area (Å²) in [6.07, 6.45) is 1.03. The third-order valence-corrected chi connectivity index (χ3v) is 4.32. The van der Waals surface area contributed by atoms with Crippen LogP contribution in [0.4, 0.5) is 0 Å². The molecule has 1 aromatic carbocycles. The standard InChI is InChI=1S/C17H21N3O4/c1-4-17(2,3)23-13-9-20(10-13)15(21)12-7-5-11(6-8-12)14-18-16(22)24-19-14/h5-8,13H,4,9-10H2,1-3H3,(H,18,19,22). The summed E-state index contributed by atoms with van der Waals surface area (Å²) in [5.41, 5.74) is 1.13. The molecule has 1 saturated heterocycles. The monoisotopic (exact) mass is 331 g/mol. The minimum Gasteiger partial charge on any atom is -0.369 e. The third kappa shape index (κ3) is 3.41. The highest BCUT2D eigenvalue weighted by molar-refractivity contribution is 5.95. The van der Waals surface area contributed by atoms with Crippen molar-refractivity contribution in [3.63, 3.8) is 0 Å². The Labute approximate surface area is 139 Å². The number of amides is 1. The van der Waals surface area contributed by atoms with Crippen molar-refractivity contribution in [3.05, 3.63) is 40.4 Å². The van der Waals surface area contributed by atoms with Crippen molar-refractivity contribution in [3.8, 4) is 11.4 Å². The molecule has 2 heterocycles. The summed E-state index contributed by atoms with van der Waals surface area (Å²) in [7, 11) is 0. The number of carbonyl (C=O) groups is 1. The lowest BCUT2D eigenvalue weighted by atomic mass is 10.0. The Hall–Kier alpha value is -2.41. The summed E-state index contributed by atoms with van der Waals surface area (Å²) in [6.45, 7) is 7.43. The maximum atomic E-state index is 12.4. The van der Waals surface area contributed by atoms with Gasteiger partial charge in [0.15, 0.2) is 5.82 Å². The Morgan fingerprint density at radius 1 is 1.38 bits per heavy atom. The molecule has 1 N–H and O–H groups in total. The average Bonchev–Trinajstić information content (AvgIpc) is 2.96. The molecule has 7 heteroatoms. The van der Waals surface area contributed by atoms with Crippen LogP contribution < -0.4 is 5.76 Å². The fraction of sp³-hybridized carbons (Fsp3) is 0.471. The molecule has 0 saturated carbocycles. The lowest BCUT2D eigenvalue weighted by Crippen LogP contribution is -2.56. The summed E-state index contributed by atoms with van der Waals surface area (Å²) in [4.78, 5) is 27.6. The van der Waals surface area contributed by atoms with Gasteiger partial charge in [-0.1, -0.05) is 24.2 Å². The molecule has 1 aromatic heterocycles. The van der Waals surface area contributed by atoms with Crippen LogP contribution in [-0.4, -0.2) is 45.7 Å². The number of rotatable bonds is 5. The molecule has 128 valence electrons. The molecule has 24 heavy (non-hydrogen) atoms. The Bertz CT molecular complexity index is 770. The maximum Gasteiger partial charge on any atom is 0.439 e. The molecule has 1 amide bonds. The summed E-state index contributed by atoms with van der Waals surface area (Å²) in [5, 5.41) is 3.62. The predicted octanol–water partition coefficient (Wildman–Crippen LogP) is 2.06. The van der Waals surface area contributed by atoms with E-state index in [1.807, 2.05) is 0 Å². The molecule has 0 radical (unpaired) electrons. The molecule has 0 aliphatic carbocycles. The van der Waals surface area contributed by atoms with E-state index in [4.69, 9.17) is 4.74 Å². The average molecular weight is 331 g/mol. The smallest absolute Gasteiger partial charge is 0.369 e. The van der Waals surface area contributed by atoms with Crippen LogP contribution in [0.15, 0.2) is 33.6 Å². The first-order chi connectivity index (χ1) is 11.4. The van der Waals surface area contributed by atoms with Crippen LogP contribution in [0.3, 0.4) is 0 Å². The van der Waals surface area contributed by atoms with Crippen LogP contribution in [0.1, 0.15) is 37.6 Å². The van der Waals surface area contributed by atoms with E-state index in [-0.39, 0.29) is 17.6 Å². The van der Waals surface area contributed by atoms with Gasteiger partial charge in [0.05, 0.1) is 11.7 Å². The van der Waals surface area contributed by atoms with Crippen molar-refractivity contribution >= 4 is 5.91 Å². The van der Waals surface area contributed by atoms with E-state index in [9.17, 15) is 9.59 Å². The number of likely N-dealkylation sites (tertiary alicyclic amines) is 1. The summed E-state index contributed by atoms with van der Waals surface area (Å²) < 4.78 is 10.4. The number of aromatic amines is 1. The highest BCUT2D eigenvalue weighted by Gasteiger charge is 2.35. The quantitative estimate of drug-likeness (QED) is 0.906. The van der Waals surface area contributed by atoms with Gasteiger partial charge in [0.1, 0.15) is 0 Å². The molecular weight excluding hydrogens is 310 g/mol. The normalized spacial score (nSPS) is 15.4. The minimum atomic E-state index is -0.605. The van der Waals surface area contributed by atoms with E-state index in [2.05, 4.69) is 35.4 Å². The van der Waals surface area contributed by atoms with Crippen molar-refractivity contribution in [2.45, 2.75) is 38.9 Å². The van der Waals surface area contributed by atoms with Crippen molar-refractivity contribution in [1.82, 2.24) is 15.0 Å². The molecule has 1 aliphatic heterocycles. The molecule has 1 fully saturated rings. The molecule has 0 unspecified atom stereocenters. The first-order valence-corrected chi connectivity index (χ1v) is 8.01. The third-order valence-electron chi connectivity index (χ3n) is 4.32. The van der Waals surface area contributed by atoms with Gasteiger partial charge in [0.25, 0.3) is 5.91 Å². The van der Waals surface area contributed by atoms with Gasteiger partial charge in [-0.05, 0) is 32.4 Å². The Morgan fingerprint density at radius 2 is 2.04 bits per heavy atom. The summed E-state index contributed by atoms with van der Waals surface area (Å²) in [5.74, 6) is -0.283. The Balaban J connectivity index is 1.60. The van der Waals surface area contributed by atoms with E-state index >= 15 is 0 Å². The molecular formula is C17H21N3O4. The zero-order chi connectivity index (χ0) is 17.3. The first kappa shape index (κ1) is 16.4. The molecule has 2 aromatic rings. The highest BCUT2D eigenvalue weighted by atomic mass is 16.5. The molecule has 0 atom stereocenters. The molecule has 1 aliphatic rings. The van der Waals surface area contributed by atoms with Crippen LogP contribution in [0.5, 0.6) is 0 Å². The van der Waals surface area contributed by atoms with Crippen molar-refractivity contribution in [1.29, 1.82) is 0 Å². The van der Waals surface area contributed by atoms with Crippen LogP contribution in [0.25, 0.3) is 11.4 Å². The maximum absolute atomic E-state index is 12.4. The number of nitrogens with one attached hydrogen (secondary N) is 1. The molecule has 0 bridgehead atoms. The number of H-pyrrole nitrogens is 1. The van der Waals surface area contributed by atoms with Crippen LogP contribution >= 0.6 is 0 Å². The van der Waals surface area contributed by atoms with Gasteiger partial charge in [0.2, 0.25) is 0 Å². The van der Waals surface area contributed by atoms with Crippen molar-refractivity contribution in [2.24, 2.45) is 0 Å². The Morgan fingerprint density at radius 3 is 2.58 bits per heavy atom. The zero-order valence-electron chi connectivity index (χ0n) is 14.0. The zero-order valence-corrected chi connectivity index (χ0v) is 14.0. The minimum absolute atomic E-state index is 0.0237. The van der Waals surface area contributed by atoms with Gasteiger partial charge < -0.3 is 9.64 Å². The van der Waals surface area contributed by atoms with Gasteiger partial charge in [-0.25, -0.2) is 4.79 Å². The van der Waals surface area contributed by atoms with Crippen molar-refractivity contribution in [2.75, 3.05) is 13.1 Å². The molecule has 3 rings (SSSR count). The van der Waals surface area contributed by atoms with Crippen molar-refractivity contribution < 1.29 is 14.1 Å². The number of ether oxygens (including phenoxy) is 1. The van der Waals surface area contributed by atoms with E-state index < -0.39 is 5.76 Å². The fourth-order valence-electron chi connectivity index (χ4n) is 2.52. The highest BCUT2D eigenvalue weighted by Crippen LogP contribution is 2.24. The van der Waals surface area contributed by atoms with Gasteiger partial charge in [0, 0.05) is 24.2 Å². The van der Waals surface area contributed by atoms with E-state index in [0.717, 1.165) is 6.42 Å². The van der Waals surface area contributed by atoms with E-state index in [1.54, 1.807) is 29.2 Å². The molecule has 0 spiro atoms. The number of hydrogen-bond donors (Lipinski definition) is 1. The molecule has 7 nitrogen and oxygen atoms in total. The van der Waals surface area contributed by atoms with Crippen LogP contribution in [-0.2, 0) is 4.74 Å². The van der Waals surface area contributed by atoms with E-state index in [0.29, 0.717) is 30.0 Å². The SMILES string of the molecule is CCC(C)(C)OC1CN(C(=O)c2ccc(-c3noc(=O)[nH]3)cc2)C1. The summed E-state index contributed by atoms with van der Waals surface area (Å²) >= 11 is 0. The van der Waals surface area contributed by atoms with E-state index in [1.165, 1.54) is 0 Å². The number of hydrogen-bond acceptors (Lipinski definition) is 5. The second kappa shape index (κ2) is 6.24. The topological polar surface area (TPSA) is 88.4 Å². The predicted molar refractivity (Wildman–Crippen MR) is 87.7 cm³/mol. The number of aromatic nitrogens is 2. The fourth-order valence-corrected chi connectivity index (χ4v) is 2.52. The van der Waals surface area contributed by atoms with Gasteiger partial charge in [-0.15, -0.1) is 0 Å². The second-order valence-electron chi connectivity index (χ2n) is 6.58. The largest absolute Gasteiger partial charge is 0.439 e. The number of carbonyl (C=O) groups excluding carboxylic acids is 1. The lowest BCUT2D eigenvalue weighted by Gasteiger charge is -2.42. The first-order valence-electron chi connectivity index (χ1n) is 8.01. The lowest BCUT2D eigenvalue weighted by molar-refractivity contribution is -0.122. The number of benzene rings is 1. The van der Waals surface area contributed by atoms with Crippen LogP contribution in [0, 0.1) is 0 Å². The summed E-state index contributed by atoms with van der Waals surface area (Å²) in [6, 6.07) is 6.90. The van der Waals surface area contributed by atoms with Crippen LogP contribution in [0.2, 0.25) is 0 Å². The Kier molecular flexibility index (Phi) is 4.28. The number of nitrogens with zero attached hydrogens (tertiary/aromatic N) is 2.